The van der Waals surface area contributed by atoms with Crippen LogP contribution in [-0.4, -0.2) is 39.4 Å². The third-order valence-corrected chi connectivity index (χ3v) is 4.71. The maximum Gasteiger partial charge on any atom is 0.261 e. The highest BCUT2D eigenvalue weighted by Crippen LogP contribution is 2.25. The van der Waals surface area contributed by atoms with Crippen molar-refractivity contribution in [2.75, 3.05) is 12.4 Å². The van der Waals surface area contributed by atoms with Crippen molar-refractivity contribution in [3.8, 4) is 5.69 Å². The molecule has 0 atom stereocenters. The number of imide groups is 1. The Bertz CT molecular complexity index is 1110. The molecule has 0 spiro atoms. The molecule has 134 valence electrons. The first-order chi connectivity index (χ1) is 13.0. The SMILES string of the molecule is CN1C(=O)c2ccc(C(=O)Nc3ccccc3-n3cc(Br)cn3)cc2C1=O. The van der Waals surface area contributed by atoms with Crippen molar-refractivity contribution in [1.29, 1.82) is 0 Å². The van der Waals surface area contributed by atoms with Crippen LogP contribution in [0.5, 0.6) is 0 Å². The van der Waals surface area contributed by atoms with Gasteiger partial charge in [0.2, 0.25) is 0 Å². The summed E-state index contributed by atoms with van der Waals surface area (Å²) >= 11 is 3.35. The fourth-order valence-electron chi connectivity index (χ4n) is 2.91. The first-order valence-corrected chi connectivity index (χ1v) is 8.82. The Morgan fingerprint density at radius 3 is 2.56 bits per heavy atom. The maximum atomic E-state index is 12.7. The van der Waals surface area contributed by atoms with Gasteiger partial charge in [-0.05, 0) is 46.3 Å². The molecule has 27 heavy (non-hydrogen) atoms. The van der Waals surface area contributed by atoms with Crippen molar-refractivity contribution in [2.24, 2.45) is 0 Å². The fraction of sp³-hybridized carbons (Fsp3) is 0.0526. The molecule has 0 saturated heterocycles. The Morgan fingerprint density at radius 2 is 1.81 bits per heavy atom. The van der Waals surface area contributed by atoms with Gasteiger partial charge in [0.05, 0.1) is 33.2 Å². The predicted octanol–water partition coefficient (Wildman–Crippen LogP) is 3.11. The van der Waals surface area contributed by atoms with E-state index >= 15 is 0 Å². The lowest BCUT2D eigenvalue weighted by Crippen LogP contribution is -2.24. The van der Waals surface area contributed by atoms with Gasteiger partial charge < -0.3 is 5.32 Å². The monoisotopic (exact) mass is 424 g/mol. The Morgan fingerprint density at radius 1 is 1.07 bits per heavy atom. The predicted molar refractivity (Wildman–Crippen MR) is 102 cm³/mol. The van der Waals surface area contributed by atoms with E-state index in [4.69, 9.17) is 0 Å². The zero-order chi connectivity index (χ0) is 19.1. The standard InChI is InChI=1S/C19H13BrN4O3/c1-23-18(26)13-7-6-11(8-14(13)19(23)27)17(25)22-15-4-2-3-5-16(15)24-10-12(20)9-21-24/h2-10H,1H3,(H,22,25). The van der Waals surface area contributed by atoms with E-state index in [9.17, 15) is 14.4 Å². The van der Waals surface area contributed by atoms with E-state index in [0.717, 1.165) is 9.37 Å². The number of para-hydroxylation sites is 2. The molecule has 0 unspecified atom stereocenters. The highest BCUT2D eigenvalue weighted by Gasteiger charge is 2.33. The number of hydrogen-bond donors (Lipinski definition) is 1. The summed E-state index contributed by atoms with van der Waals surface area (Å²) in [6, 6.07) is 11.7. The van der Waals surface area contributed by atoms with Gasteiger partial charge in [-0.2, -0.15) is 5.10 Å². The van der Waals surface area contributed by atoms with Crippen LogP contribution in [0, 0.1) is 0 Å². The zero-order valence-electron chi connectivity index (χ0n) is 14.1. The fourth-order valence-corrected chi connectivity index (χ4v) is 3.19. The average Bonchev–Trinajstić information content (AvgIpc) is 3.20. The summed E-state index contributed by atoms with van der Waals surface area (Å²) in [6.45, 7) is 0. The minimum Gasteiger partial charge on any atom is -0.320 e. The molecule has 0 fully saturated rings. The van der Waals surface area contributed by atoms with Crippen LogP contribution >= 0.6 is 15.9 Å². The third-order valence-electron chi connectivity index (χ3n) is 4.30. The molecule has 2 heterocycles. The van der Waals surface area contributed by atoms with Gasteiger partial charge in [0.25, 0.3) is 17.7 Å². The molecular weight excluding hydrogens is 412 g/mol. The first-order valence-electron chi connectivity index (χ1n) is 8.03. The molecular formula is C19H13BrN4O3. The molecule has 1 aliphatic heterocycles. The van der Waals surface area contributed by atoms with E-state index in [1.54, 1.807) is 29.2 Å². The number of hydrogen-bond acceptors (Lipinski definition) is 4. The number of nitrogens with zero attached hydrogens (tertiary/aromatic N) is 3. The van der Waals surface area contributed by atoms with Gasteiger partial charge in [-0.3, -0.25) is 19.3 Å². The summed E-state index contributed by atoms with van der Waals surface area (Å²) in [7, 11) is 1.42. The number of rotatable bonds is 3. The lowest BCUT2D eigenvalue weighted by atomic mass is 10.1. The van der Waals surface area contributed by atoms with Crippen molar-refractivity contribution in [3.05, 3.63) is 76.0 Å². The molecule has 8 heteroatoms. The summed E-state index contributed by atoms with van der Waals surface area (Å²) in [5, 5.41) is 7.07. The van der Waals surface area contributed by atoms with E-state index in [1.165, 1.54) is 25.2 Å². The highest BCUT2D eigenvalue weighted by molar-refractivity contribution is 9.10. The Labute approximate surface area is 162 Å². The van der Waals surface area contributed by atoms with Crippen LogP contribution in [0.15, 0.2) is 59.3 Å². The van der Waals surface area contributed by atoms with Gasteiger partial charge in [0.1, 0.15) is 0 Å². The minimum absolute atomic E-state index is 0.236. The van der Waals surface area contributed by atoms with E-state index < -0.39 is 5.91 Å². The molecule has 1 aromatic heterocycles. The molecule has 0 bridgehead atoms. The number of fused-ring (bicyclic) bond motifs is 1. The molecule has 3 aromatic rings. The lowest BCUT2D eigenvalue weighted by Gasteiger charge is -2.11. The Balaban J connectivity index is 1.65. The number of amides is 3. The van der Waals surface area contributed by atoms with Gasteiger partial charge in [-0.25, -0.2) is 4.68 Å². The molecule has 0 saturated carbocycles. The summed E-state index contributed by atoms with van der Waals surface area (Å²) in [5.41, 5.74) is 2.10. The second-order valence-electron chi connectivity index (χ2n) is 6.00. The Hall–Kier alpha value is -3.26. The van der Waals surface area contributed by atoms with Crippen LogP contribution in [0.2, 0.25) is 0 Å². The van der Waals surface area contributed by atoms with Crippen molar-refractivity contribution < 1.29 is 14.4 Å². The molecule has 4 rings (SSSR count). The van der Waals surface area contributed by atoms with E-state index in [0.29, 0.717) is 22.5 Å². The number of carbonyl (C=O) groups is 3. The molecule has 0 radical (unpaired) electrons. The van der Waals surface area contributed by atoms with Crippen molar-refractivity contribution >= 4 is 39.3 Å². The lowest BCUT2D eigenvalue weighted by molar-refractivity contribution is 0.0693. The van der Waals surface area contributed by atoms with Crippen molar-refractivity contribution in [1.82, 2.24) is 14.7 Å². The summed E-state index contributed by atoms with van der Waals surface area (Å²) < 4.78 is 2.45. The molecule has 1 N–H and O–H groups in total. The minimum atomic E-state index is -0.411. The van der Waals surface area contributed by atoms with Crippen molar-refractivity contribution in [2.45, 2.75) is 0 Å². The number of nitrogens with one attached hydrogen (secondary N) is 1. The number of halogens is 1. The molecule has 3 amide bonds. The Kier molecular flexibility index (Phi) is 4.12. The second kappa shape index (κ2) is 6.48. The van der Waals surface area contributed by atoms with Crippen molar-refractivity contribution in [3.63, 3.8) is 0 Å². The van der Waals surface area contributed by atoms with Gasteiger partial charge >= 0.3 is 0 Å². The van der Waals surface area contributed by atoms with Crippen LogP contribution in [0.4, 0.5) is 5.69 Å². The van der Waals surface area contributed by atoms with Crippen LogP contribution in [0.25, 0.3) is 5.69 Å². The largest absolute Gasteiger partial charge is 0.320 e. The maximum absolute atomic E-state index is 12.7. The normalized spacial score (nSPS) is 13.0. The number of benzene rings is 2. The molecule has 1 aliphatic rings. The molecule has 2 aromatic carbocycles. The zero-order valence-corrected chi connectivity index (χ0v) is 15.7. The summed E-state index contributed by atoms with van der Waals surface area (Å²) in [5.74, 6) is -1.16. The second-order valence-corrected chi connectivity index (χ2v) is 6.92. The van der Waals surface area contributed by atoms with E-state index in [1.807, 2.05) is 12.1 Å². The topological polar surface area (TPSA) is 84.3 Å². The number of anilines is 1. The first kappa shape index (κ1) is 17.2. The highest BCUT2D eigenvalue weighted by atomic mass is 79.9. The van der Waals surface area contributed by atoms with Crippen LogP contribution in [-0.2, 0) is 0 Å². The van der Waals surface area contributed by atoms with Crippen LogP contribution in [0.3, 0.4) is 0 Å². The van der Waals surface area contributed by atoms with Gasteiger partial charge in [-0.1, -0.05) is 12.1 Å². The van der Waals surface area contributed by atoms with Crippen LogP contribution < -0.4 is 5.32 Å². The molecule has 7 nitrogen and oxygen atoms in total. The van der Waals surface area contributed by atoms with Gasteiger partial charge in [-0.15, -0.1) is 0 Å². The van der Waals surface area contributed by atoms with Gasteiger partial charge in [0.15, 0.2) is 0 Å². The quantitative estimate of drug-likeness (QED) is 0.654. The third kappa shape index (κ3) is 2.93. The number of carbonyl (C=O) groups excluding carboxylic acids is 3. The molecule has 0 aliphatic carbocycles. The smallest absolute Gasteiger partial charge is 0.261 e. The van der Waals surface area contributed by atoms with E-state index in [2.05, 4.69) is 26.3 Å². The summed E-state index contributed by atoms with van der Waals surface area (Å²) in [4.78, 5) is 37.9. The van der Waals surface area contributed by atoms with E-state index in [-0.39, 0.29) is 17.4 Å². The van der Waals surface area contributed by atoms with Crippen LogP contribution in [0.1, 0.15) is 31.1 Å². The number of aromatic nitrogens is 2. The summed E-state index contributed by atoms with van der Waals surface area (Å²) in [6.07, 6.45) is 3.43. The van der Waals surface area contributed by atoms with Gasteiger partial charge in [0, 0.05) is 18.8 Å². The average molecular weight is 425 g/mol.